The maximum Gasteiger partial charge on any atom is 0.135 e. The molecule has 1 aromatic carbocycles. The van der Waals surface area contributed by atoms with Crippen LogP contribution in [0.1, 0.15) is 64.0 Å². The number of benzene rings is 1. The molecule has 1 aliphatic carbocycles. The van der Waals surface area contributed by atoms with Crippen LogP contribution < -0.4 is 0 Å². The molecule has 1 fully saturated rings. The Morgan fingerprint density at radius 3 is 2.35 bits per heavy atom. The molecule has 0 N–H and O–H groups in total. The number of ether oxygens (including phenoxy) is 1. The van der Waals surface area contributed by atoms with Gasteiger partial charge in [-0.2, -0.15) is 0 Å². The van der Waals surface area contributed by atoms with Crippen LogP contribution in [0.2, 0.25) is 0 Å². The molecule has 0 spiro atoms. The number of carbonyl (C=O) groups is 1. The van der Waals surface area contributed by atoms with Gasteiger partial charge in [0.15, 0.2) is 0 Å². The standard InChI is InChI=1S/C16H22O2.C2H6/c1-2-3-4-13-5-7-14(8-6-13)12-18-16-10-9-15(17)11-16;1-2/h5-8,16H,2-4,9-12H2,1H3;1-2H3. The summed E-state index contributed by atoms with van der Waals surface area (Å²) in [5, 5.41) is 0. The predicted molar refractivity (Wildman–Crippen MR) is 83.8 cm³/mol. The Bertz CT molecular complexity index is 381. The van der Waals surface area contributed by atoms with Crippen molar-refractivity contribution in [1.29, 1.82) is 0 Å². The number of Topliss-reactive ketones (excluding diaryl/α,β-unsaturated/α-hetero) is 1. The van der Waals surface area contributed by atoms with Crippen molar-refractivity contribution in [3.8, 4) is 0 Å². The Balaban J connectivity index is 0.000000956. The van der Waals surface area contributed by atoms with Crippen molar-refractivity contribution < 1.29 is 9.53 Å². The zero-order chi connectivity index (χ0) is 14.8. The fraction of sp³-hybridized carbons (Fsp3) is 0.611. The van der Waals surface area contributed by atoms with Crippen molar-refractivity contribution >= 4 is 5.78 Å². The van der Waals surface area contributed by atoms with Crippen LogP contribution in [0.15, 0.2) is 24.3 Å². The van der Waals surface area contributed by atoms with E-state index < -0.39 is 0 Å². The topological polar surface area (TPSA) is 26.3 Å². The van der Waals surface area contributed by atoms with Gasteiger partial charge in [-0.3, -0.25) is 4.79 Å². The number of ketones is 1. The summed E-state index contributed by atoms with van der Waals surface area (Å²) in [6, 6.07) is 8.66. The molecule has 2 heteroatoms. The molecule has 1 saturated carbocycles. The van der Waals surface area contributed by atoms with Crippen LogP contribution >= 0.6 is 0 Å². The zero-order valence-electron chi connectivity index (χ0n) is 13.2. The molecule has 0 aliphatic heterocycles. The van der Waals surface area contributed by atoms with E-state index in [1.165, 1.54) is 24.0 Å². The number of hydrogen-bond donors (Lipinski definition) is 0. The summed E-state index contributed by atoms with van der Waals surface area (Å²) in [7, 11) is 0. The second-order valence-corrected chi connectivity index (χ2v) is 5.13. The Kier molecular flexibility index (Phi) is 8.20. The highest BCUT2D eigenvalue weighted by molar-refractivity contribution is 5.81. The maximum atomic E-state index is 11.1. The summed E-state index contributed by atoms with van der Waals surface area (Å²) >= 11 is 0. The average molecular weight is 276 g/mol. The number of hydrogen-bond acceptors (Lipinski definition) is 2. The normalized spacial score (nSPS) is 17.8. The van der Waals surface area contributed by atoms with Gasteiger partial charge in [0.25, 0.3) is 0 Å². The van der Waals surface area contributed by atoms with Crippen molar-refractivity contribution in [3.05, 3.63) is 35.4 Å². The number of rotatable bonds is 6. The lowest BCUT2D eigenvalue weighted by molar-refractivity contribution is -0.118. The van der Waals surface area contributed by atoms with E-state index in [1.807, 2.05) is 13.8 Å². The highest BCUT2D eigenvalue weighted by atomic mass is 16.5. The van der Waals surface area contributed by atoms with E-state index in [1.54, 1.807) is 0 Å². The molecule has 1 atom stereocenters. The first-order valence-corrected chi connectivity index (χ1v) is 7.99. The SMILES string of the molecule is CC.CCCCc1ccc(COC2CCC(=O)C2)cc1. The van der Waals surface area contributed by atoms with Crippen molar-refractivity contribution in [2.75, 3.05) is 0 Å². The lowest BCUT2D eigenvalue weighted by Gasteiger charge is -2.10. The molecule has 112 valence electrons. The van der Waals surface area contributed by atoms with Gasteiger partial charge >= 0.3 is 0 Å². The molecule has 1 aliphatic rings. The van der Waals surface area contributed by atoms with Crippen LogP contribution in [-0.4, -0.2) is 11.9 Å². The molecule has 0 aromatic heterocycles. The van der Waals surface area contributed by atoms with Gasteiger partial charge in [0.1, 0.15) is 5.78 Å². The molecule has 1 aromatic rings. The number of unbranched alkanes of at least 4 members (excludes halogenated alkanes) is 1. The third-order valence-corrected chi connectivity index (χ3v) is 3.53. The molecule has 0 amide bonds. The first-order chi connectivity index (χ1) is 9.78. The molecule has 1 unspecified atom stereocenters. The highest BCUT2D eigenvalue weighted by Gasteiger charge is 2.22. The lowest BCUT2D eigenvalue weighted by atomic mass is 10.1. The van der Waals surface area contributed by atoms with E-state index in [2.05, 4.69) is 31.2 Å². The Labute approximate surface area is 123 Å². The van der Waals surface area contributed by atoms with Gasteiger partial charge in [0.05, 0.1) is 12.7 Å². The van der Waals surface area contributed by atoms with Gasteiger partial charge in [0, 0.05) is 12.8 Å². The largest absolute Gasteiger partial charge is 0.373 e. The summed E-state index contributed by atoms with van der Waals surface area (Å²) < 4.78 is 5.76. The van der Waals surface area contributed by atoms with Gasteiger partial charge in [-0.25, -0.2) is 0 Å². The maximum absolute atomic E-state index is 11.1. The quantitative estimate of drug-likeness (QED) is 0.753. The van der Waals surface area contributed by atoms with Crippen molar-refractivity contribution in [1.82, 2.24) is 0 Å². The third-order valence-electron chi connectivity index (χ3n) is 3.53. The molecule has 0 heterocycles. The van der Waals surface area contributed by atoms with Gasteiger partial charge < -0.3 is 4.74 Å². The minimum absolute atomic E-state index is 0.150. The average Bonchev–Trinajstić information content (AvgIpc) is 2.92. The van der Waals surface area contributed by atoms with Crippen molar-refractivity contribution in [2.45, 2.75) is 72.0 Å². The molecule has 20 heavy (non-hydrogen) atoms. The molecule has 0 bridgehead atoms. The fourth-order valence-corrected chi connectivity index (χ4v) is 2.32. The van der Waals surface area contributed by atoms with Crippen LogP contribution in [0, 0.1) is 0 Å². The molecule has 2 rings (SSSR count). The number of carbonyl (C=O) groups excluding carboxylic acids is 1. The van der Waals surface area contributed by atoms with E-state index in [0.717, 1.165) is 12.8 Å². The molecule has 0 saturated heterocycles. The molecular formula is C18H28O2. The monoisotopic (exact) mass is 276 g/mol. The molecule has 0 radical (unpaired) electrons. The van der Waals surface area contributed by atoms with Gasteiger partial charge in [-0.15, -0.1) is 0 Å². The van der Waals surface area contributed by atoms with E-state index in [-0.39, 0.29) is 6.10 Å². The lowest BCUT2D eigenvalue weighted by Crippen LogP contribution is -2.08. The molecular weight excluding hydrogens is 248 g/mol. The van der Waals surface area contributed by atoms with Crippen LogP contribution in [0.25, 0.3) is 0 Å². The van der Waals surface area contributed by atoms with E-state index in [9.17, 15) is 4.79 Å². The minimum atomic E-state index is 0.150. The Hall–Kier alpha value is -1.15. The summed E-state index contributed by atoms with van der Waals surface area (Å²) in [5.41, 5.74) is 2.60. The Morgan fingerprint density at radius 1 is 1.15 bits per heavy atom. The van der Waals surface area contributed by atoms with Crippen molar-refractivity contribution in [3.63, 3.8) is 0 Å². The van der Waals surface area contributed by atoms with E-state index in [4.69, 9.17) is 4.74 Å². The first kappa shape index (κ1) is 16.9. The summed E-state index contributed by atoms with van der Waals surface area (Å²) in [4.78, 5) is 11.1. The number of aryl methyl sites for hydroxylation is 1. The summed E-state index contributed by atoms with van der Waals surface area (Å²) in [6.07, 6.45) is 6.00. The highest BCUT2D eigenvalue weighted by Crippen LogP contribution is 2.19. The minimum Gasteiger partial charge on any atom is -0.373 e. The fourth-order valence-electron chi connectivity index (χ4n) is 2.32. The second kappa shape index (κ2) is 9.71. The van der Waals surface area contributed by atoms with E-state index in [0.29, 0.717) is 25.2 Å². The van der Waals surface area contributed by atoms with Crippen LogP contribution in [-0.2, 0) is 22.6 Å². The van der Waals surface area contributed by atoms with Gasteiger partial charge in [0.2, 0.25) is 0 Å². The molecule has 2 nitrogen and oxygen atoms in total. The van der Waals surface area contributed by atoms with Crippen LogP contribution in [0.3, 0.4) is 0 Å². The smallest absolute Gasteiger partial charge is 0.135 e. The zero-order valence-corrected chi connectivity index (χ0v) is 13.2. The van der Waals surface area contributed by atoms with E-state index >= 15 is 0 Å². The third kappa shape index (κ3) is 5.87. The second-order valence-electron chi connectivity index (χ2n) is 5.13. The van der Waals surface area contributed by atoms with Crippen molar-refractivity contribution in [2.24, 2.45) is 0 Å². The summed E-state index contributed by atoms with van der Waals surface area (Å²) in [5.74, 6) is 0.343. The van der Waals surface area contributed by atoms with Gasteiger partial charge in [-0.05, 0) is 30.4 Å². The van der Waals surface area contributed by atoms with Gasteiger partial charge in [-0.1, -0.05) is 51.5 Å². The predicted octanol–water partition coefficient (Wildman–Crippen LogP) is 4.69. The Morgan fingerprint density at radius 2 is 1.80 bits per heavy atom. The summed E-state index contributed by atoms with van der Waals surface area (Å²) in [6.45, 7) is 6.84. The van der Waals surface area contributed by atoms with Crippen LogP contribution in [0.4, 0.5) is 0 Å². The van der Waals surface area contributed by atoms with Crippen LogP contribution in [0.5, 0.6) is 0 Å². The first-order valence-electron chi connectivity index (χ1n) is 7.99.